The van der Waals surface area contributed by atoms with Gasteiger partial charge in [-0.05, 0) is 48.7 Å². The van der Waals surface area contributed by atoms with Crippen molar-refractivity contribution in [1.29, 1.82) is 0 Å². The highest BCUT2D eigenvalue weighted by Gasteiger charge is 2.32. The van der Waals surface area contributed by atoms with Crippen LogP contribution in [0, 0.1) is 0 Å². The number of carbonyl (C=O) groups excluding carboxylic acids is 1. The number of hydrogen-bond acceptors (Lipinski definition) is 6. The summed E-state index contributed by atoms with van der Waals surface area (Å²) in [6.45, 7) is 0.809. The molecular weight excluding hydrogens is 392 g/mol. The fraction of sp³-hybridized carbons (Fsp3) is 0.333. The molecule has 152 valence electrons. The van der Waals surface area contributed by atoms with Crippen LogP contribution in [-0.4, -0.2) is 33.9 Å². The van der Waals surface area contributed by atoms with E-state index in [0.717, 1.165) is 31.4 Å². The normalized spacial score (nSPS) is 17.4. The Bertz CT molecular complexity index is 1060. The van der Waals surface area contributed by atoms with E-state index in [0.29, 0.717) is 23.7 Å². The van der Waals surface area contributed by atoms with Gasteiger partial charge in [0.2, 0.25) is 0 Å². The predicted octanol–water partition coefficient (Wildman–Crippen LogP) is 3.53. The summed E-state index contributed by atoms with van der Waals surface area (Å²) < 4.78 is 39.8. The topological polar surface area (TPSA) is 85.3 Å². The van der Waals surface area contributed by atoms with Crippen LogP contribution in [0.3, 0.4) is 0 Å². The van der Waals surface area contributed by atoms with E-state index >= 15 is 0 Å². The molecule has 2 aromatic rings. The van der Waals surface area contributed by atoms with Gasteiger partial charge in [0.25, 0.3) is 10.0 Å². The quantitative estimate of drug-likeness (QED) is 0.712. The molecule has 0 bridgehead atoms. The van der Waals surface area contributed by atoms with Crippen LogP contribution in [0.4, 0.5) is 5.69 Å². The van der Waals surface area contributed by atoms with Crippen LogP contribution in [0.5, 0.6) is 5.75 Å². The first kappa shape index (κ1) is 19.4. The molecule has 0 amide bonds. The highest BCUT2D eigenvalue weighted by molar-refractivity contribution is 7.90. The van der Waals surface area contributed by atoms with Crippen LogP contribution in [0.25, 0.3) is 0 Å². The second-order valence-corrected chi connectivity index (χ2v) is 8.62. The third-order valence-corrected chi connectivity index (χ3v) is 6.45. The van der Waals surface area contributed by atoms with Gasteiger partial charge in [0.15, 0.2) is 0 Å². The summed E-state index contributed by atoms with van der Waals surface area (Å²) in [7, 11) is -2.25. The summed E-state index contributed by atoms with van der Waals surface area (Å²) in [4.78, 5) is 14.5. The molecule has 1 saturated heterocycles. The van der Waals surface area contributed by atoms with E-state index in [-0.39, 0.29) is 17.1 Å². The van der Waals surface area contributed by atoms with Gasteiger partial charge in [-0.25, -0.2) is 4.79 Å². The molecule has 0 radical (unpaired) electrons. The van der Waals surface area contributed by atoms with Gasteiger partial charge in [-0.2, -0.15) is 8.42 Å². The van der Waals surface area contributed by atoms with Crippen LogP contribution in [0.15, 0.2) is 51.8 Å². The smallest absolute Gasteiger partial charge is 0.338 e. The lowest BCUT2D eigenvalue weighted by atomic mass is 10.1. The Balaban J connectivity index is 1.55. The van der Waals surface area contributed by atoms with Crippen molar-refractivity contribution in [3.8, 4) is 5.75 Å². The zero-order valence-electron chi connectivity index (χ0n) is 16.1. The first-order chi connectivity index (χ1) is 14.0. The van der Waals surface area contributed by atoms with Gasteiger partial charge in [-0.15, -0.1) is 4.40 Å². The van der Waals surface area contributed by atoms with Gasteiger partial charge in [0.05, 0.1) is 18.4 Å². The number of nitrogens with zero attached hydrogens (tertiary/aromatic N) is 2. The first-order valence-corrected chi connectivity index (χ1v) is 11.0. The zero-order chi connectivity index (χ0) is 20.4. The molecule has 7 nitrogen and oxygen atoms in total. The van der Waals surface area contributed by atoms with Crippen molar-refractivity contribution in [1.82, 2.24) is 0 Å². The van der Waals surface area contributed by atoms with Gasteiger partial charge in [-0.1, -0.05) is 18.6 Å². The lowest BCUT2D eigenvalue weighted by Gasteiger charge is -2.29. The third-order valence-electron chi connectivity index (χ3n) is 5.11. The number of carbonyl (C=O) groups is 1. The molecule has 0 aromatic heterocycles. The van der Waals surface area contributed by atoms with E-state index in [9.17, 15) is 13.2 Å². The second kappa shape index (κ2) is 7.87. The lowest BCUT2D eigenvalue weighted by Crippen LogP contribution is -2.35. The van der Waals surface area contributed by atoms with E-state index in [4.69, 9.17) is 9.47 Å². The minimum Gasteiger partial charge on any atom is -0.497 e. The fourth-order valence-electron chi connectivity index (χ4n) is 3.56. The minimum absolute atomic E-state index is 0.0575. The Morgan fingerprint density at radius 2 is 1.90 bits per heavy atom. The van der Waals surface area contributed by atoms with E-state index in [1.165, 1.54) is 6.07 Å². The maximum atomic E-state index is 12.7. The number of esters is 1. The summed E-state index contributed by atoms with van der Waals surface area (Å²) in [6.07, 6.45) is 3.59. The maximum absolute atomic E-state index is 12.7. The molecule has 2 aliphatic rings. The van der Waals surface area contributed by atoms with Crippen LogP contribution in [0.1, 0.15) is 41.6 Å². The lowest BCUT2D eigenvalue weighted by molar-refractivity contribution is 0.0472. The van der Waals surface area contributed by atoms with Crippen LogP contribution in [0.2, 0.25) is 0 Å². The van der Waals surface area contributed by atoms with E-state index < -0.39 is 16.0 Å². The van der Waals surface area contributed by atoms with Gasteiger partial charge < -0.3 is 14.4 Å². The number of sulfonamides is 1. The molecule has 4 rings (SSSR count). The SMILES string of the molecule is COc1ccc(COC(=O)c2ccc3c(c2)S(=O)(=O)N=C2CCCCCN23)cc1. The monoisotopic (exact) mass is 414 g/mol. The number of benzene rings is 2. The van der Waals surface area contributed by atoms with Gasteiger partial charge in [0.1, 0.15) is 23.1 Å². The number of fused-ring (bicyclic) bond motifs is 3. The summed E-state index contributed by atoms with van der Waals surface area (Å²) in [6, 6.07) is 11.8. The van der Waals surface area contributed by atoms with Crippen molar-refractivity contribution in [2.45, 2.75) is 37.2 Å². The van der Waals surface area contributed by atoms with Crippen molar-refractivity contribution in [2.24, 2.45) is 4.40 Å². The molecule has 0 saturated carbocycles. The van der Waals surface area contributed by atoms with Crippen molar-refractivity contribution in [2.75, 3.05) is 18.6 Å². The van der Waals surface area contributed by atoms with Crippen LogP contribution in [-0.2, 0) is 21.4 Å². The van der Waals surface area contributed by atoms with Crippen molar-refractivity contribution < 1.29 is 22.7 Å². The van der Waals surface area contributed by atoms with Crippen LogP contribution < -0.4 is 9.64 Å². The Hall–Kier alpha value is -2.87. The number of amidine groups is 1. The second-order valence-electron chi connectivity index (χ2n) is 7.05. The van der Waals surface area contributed by atoms with Gasteiger partial charge in [0, 0.05) is 13.0 Å². The minimum atomic E-state index is -3.83. The molecule has 0 aliphatic carbocycles. The molecule has 0 atom stereocenters. The van der Waals surface area contributed by atoms with E-state index in [1.807, 2.05) is 4.90 Å². The highest BCUT2D eigenvalue weighted by Crippen LogP contribution is 2.35. The Morgan fingerprint density at radius 3 is 2.66 bits per heavy atom. The summed E-state index contributed by atoms with van der Waals surface area (Å²) >= 11 is 0. The van der Waals surface area contributed by atoms with Crippen molar-refractivity contribution in [3.05, 3.63) is 53.6 Å². The number of methoxy groups -OCH3 is 1. The summed E-state index contributed by atoms with van der Waals surface area (Å²) in [5.41, 5.74) is 1.58. The fourth-order valence-corrected chi connectivity index (χ4v) is 4.84. The largest absolute Gasteiger partial charge is 0.497 e. The number of anilines is 1. The van der Waals surface area contributed by atoms with E-state index in [1.54, 1.807) is 43.5 Å². The number of rotatable bonds is 4. The van der Waals surface area contributed by atoms with Crippen LogP contribution >= 0.6 is 0 Å². The van der Waals surface area contributed by atoms with Crippen molar-refractivity contribution in [3.63, 3.8) is 0 Å². The average Bonchev–Trinajstić information content (AvgIpc) is 2.97. The Labute approximate surface area is 170 Å². The summed E-state index contributed by atoms with van der Waals surface area (Å²) in [5, 5.41) is 0. The molecular formula is C21H22N2O5S. The first-order valence-electron chi connectivity index (χ1n) is 9.53. The third kappa shape index (κ3) is 3.98. The Kier molecular flexibility index (Phi) is 5.27. The molecule has 0 N–H and O–H groups in total. The predicted molar refractivity (Wildman–Crippen MR) is 109 cm³/mol. The number of ether oxygens (including phenoxy) is 2. The molecule has 2 aliphatic heterocycles. The Morgan fingerprint density at radius 1 is 1.10 bits per heavy atom. The standard InChI is InChI=1S/C21H22N2O5S/c1-27-17-9-6-15(7-10-17)14-28-21(24)16-8-11-18-19(13-16)29(25,26)22-20-5-3-2-4-12-23(18)20/h6-11,13H,2-5,12,14H2,1H3. The zero-order valence-corrected chi connectivity index (χ0v) is 16.9. The molecule has 2 aromatic carbocycles. The summed E-state index contributed by atoms with van der Waals surface area (Å²) in [5.74, 6) is 0.725. The molecule has 2 heterocycles. The van der Waals surface area contributed by atoms with Gasteiger partial charge in [-0.3, -0.25) is 0 Å². The molecule has 1 fully saturated rings. The van der Waals surface area contributed by atoms with Gasteiger partial charge >= 0.3 is 5.97 Å². The number of hydrogen-bond donors (Lipinski definition) is 0. The molecule has 0 unspecified atom stereocenters. The van der Waals surface area contributed by atoms with E-state index in [2.05, 4.69) is 4.40 Å². The van der Waals surface area contributed by atoms with Crippen molar-refractivity contribution >= 4 is 27.5 Å². The molecule has 29 heavy (non-hydrogen) atoms. The maximum Gasteiger partial charge on any atom is 0.338 e. The highest BCUT2D eigenvalue weighted by atomic mass is 32.2. The molecule has 8 heteroatoms. The molecule has 0 spiro atoms. The average molecular weight is 414 g/mol.